The lowest BCUT2D eigenvalue weighted by Crippen LogP contribution is -2.29. The Morgan fingerprint density at radius 3 is 2.55 bits per heavy atom. The monoisotopic (exact) mass is 267 g/mol. The van der Waals surface area contributed by atoms with E-state index in [4.69, 9.17) is 0 Å². The number of rotatable bonds is 2. The third-order valence-corrected chi connectivity index (χ3v) is 4.14. The second kappa shape index (κ2) is 4.73. The molecule has 2 nitrogen and oxygen atoms in total. The standard InChI is InChI=1S/C17H14FNO/c18-14-7-5-13(6-8-14)16(20)17(11-19)10-9-12-3-1-2-4-15(12)17/h1-8,16,20H,9-10H2. The summed E-state index contributed by atoms with van der Waals surface area (Å²) in [6.45, 7) is 0. The molecule has 2 aromatic carbocycles. The van der Waals surface area contributed by atoms with Crippen molar-refractivity contribution in [2.75, 3.05) is 0 Å². The van der Waals surface area contributed by atoms with Gasteiger partial charge in [0, 0.05) is 0 Å². The highest BCUT2D eigenvalue weighted by atomic mass is 19.1. The summed E-state index contributed by atoms with van der Waals surface area (Å²) in [5.41, 5.74) is 1.63. The van der Waals surface area contributed by atoms with Crippen LogP contribution in [0.4, 0.5) is 4.39 Å². The predicted molar refractivity (Wildman–Crippen MR) is 73.4 cm³/mol. The first-order chi connectivity index (χ1) is 9.67. The zero-order valence-corrected chi connectivity index (χ0v) is 10.9. The Hall–Kier alpha value is -2.18. The molecule has 1 aliphatic carbocycles. The second-order valence-electron chi connectivity index (χ2n) is 5.19. The average Bonchev–Trinajstić information content (AvgIpc) is 2.87. The maximum atomic E-state index is 13.0. The highest BCUT2D eigenvalue weighted by molar-refractivity contribution is 5.47. The fourth-order valence-electron chi connectivity index (χ4n) is 3.03. The maximum absolute atomic E-state index is 13.0. The molecule has 0 heterocycles. The van der Waals surface area contributed by atoms with Crippen LogP contribution in [0.3, 0.4) is 0 Å². The van der Waals surface area contributed by atoms with E-state index in [1.165, 1.54) is 12.1 Å². The average molecular weight is 267 g/mol. The van der Waals surface area contributed by atoms with Crippen molar-refractivity contribution in [3.8, 4) is 6.07 Å². The van der Waals surface area contributed by atoms with Crippen molar-refractivity contribution in [1.82, 2.24) is 0 Å². The summed E-state index contributed by atoms with van der Waals surface area (Å²) < 4.78 is 13.0. The summed E-state index contributed by atoms with van der Waals surface area (Å²) in [6.07, 6.45) is 0.417. The number of nitriles is 1. The Morgan fingerprint density at radius 2 is 1.85 bits per heavy atom. The van der Waals surface area contributed by atoms with Crippen molar-refractivity contribution < 1.29 is 9.50 Å². The van der Waals surface area contributed by atoms with Crippen molar-refractivity contribution in [1.29, 1.82) is 5.26 Å². The first-order valence-electron chi connectivity index (χ1n) is 6.60. The van der Waals surface area contributed by atoms with Gasteiger partial charge in [-0.25, -0.2) is 4.39 Å². The summed E-state index contributed by atoms with van der Waals surface area (Å²) in [4.78, 5) is 0. The molecule has 0 bridgehead atoms. The zero-order chi connectivity index (χ0) is 14.2. The largest absolute Gasteiger partial charge is 0.386 e. The lowest BCUT2D eigenvalue weighted by atomic mass is 9.75. The van der Waals surface area contributed by atoms with Crippen LogP contribution in [0, 0.1) is 17.1 Å². The van der Waals surface area contributed by atoms with Crippen LogP contribution in [0.15, 0.2) is 48.5 Å². The van der Waals surface area contributed by atoms with Crippen LogP contribution < -0.4 is 0 Å². The molecule has 0 spiro atoms. The SMILES string of the molecule is N#CC1(C(O)c2ccc(F)cc2)CCc2ccccc21. The van der Waals surface area contributed by atoms with Crippen LogP contribution in [-0.2, 0) is 11.8 Å². The molecule has 1 aliphatic rings. The molecule has 2 atom stereocenters. The molecule has 2 unspecified atom stereocenters. The number of aliphatic hydroxyl groups excluding tert-OH is 1. The molecule has 3 rings (SSSR count). The lowest BCUT2D eigenvalue weighted by molar-refractivity contribution is 0.111. The van der Waals surface area contributed by atoms with Gasteiger partial charge in [0.2, 0.25) is 0 Å². The molecular formula is C17H14FNO. The Balaban J connectivity index is 2.07. The van der Waals surface area contributed by atoms with E-state index in [0.717, 1.165) is 17.5 Å². The molecule has 0 radical (unpaired) electrons. The van der Waals surface area contributed by atoms with Gasteiger partial charge in [-0.2, -0.15) is 5.26 Å². The van der Waals surface area contributed by atoms with Crippen molar-refractivity contribution >= 4 is 0 Å². The Kier molecular flexibility index (Phi) is 3.04. The van der Waals surface area contributed by atoms with Gasteiger partial charge < -0.3 is 5.11 Å². The Labute approximate surface area is 117 Å². The molecular weight excluding hydrogens is 253 g/mol. The number of aliphatic hydroxyl groups is 1. The minimum atomic E-state index is -0.947. The van der Waals surface area contributed by atoms with Gasteiger partial charge >= 0.3 is 0 Å². The highest BCUT2D eigenvalue weighted by Gasteiger charge is 2.45. The van der Waals surface area contributed by atoms with Gasteiger partial charge in [-0.05, 0) is 41.7 Å². The van der Waals surface area contributed by atoms with Crippen LogP contribution in [0.1, 0.15) is 29.2 Å². The lowest BCUT2D eigenvalue weighted by Gasteiger charge is -2.28. The van der Waals surface area contributed by atoms with Crippen molar-refractivity contribution in [3.63, 3.8) is 0 Å². The van der Waals surface area contributed by atoms with E-state index in [-0.39, 0.29) is 5.82 Å². The van der Waals surface area contributed by atoms with Crippen molar-refractivity contribution in [3.05, 3.63) is 71.0 Å². The first kappa shape index (κ1) is 12.8. The van der Waals surface area contributed by atoms with Crippen LogP contribution in [0.2, 0.25) is 0 Å². The van der Waals surface area contributed by atoms with Gasteiger partial charge in [0.25, 0.3) is 0 Å². The zero-order valence-electron chi connectivity index (χ0n) is 10.9. The number of fused-ring (bicyclic) bond motifs is 1. The van der Waals surface area contributed by atoms with E-state index in [1.807, 2.05) is 24.3 Å². The quantitative estimate of drug-likeness (QED) is 0.907. The molecule has 2 aromatic rings. The molecule has 0 aromatic heterocycles. The molecule has 3 heteroatoms. The first-order valence-corrected chi connectivity index (χ1v) is 6.60. The predicted octanol–water partition coefficient (Wildman–Crippen LogP) is 3.27. The molecule has 0 aliphatic heterocycles. The molecule has 0 amide bonds. The highest BCUT2D eigenvalue weighted by Crippen LogP contribution is 2.46. The van der Waals surface area contributed by atoms with Crippen molar-refractivity contribution in [2.24, 2.45) is 0 Å². The summed E-state index contributed by atoms with van der Waals surface area (Å²) in [6, 6.07) is 15.7. The Bertz CT molecular complexity index is 674. The number of nitrogens with zero attached hydrogens (tertiary/aromatic N) is 1. The molecule has 0 fully saturated rings. The molecule has 0 saturated carbocycles. The van der Waals surface area contributed by atoms with E-state index >= 15 is 0 Å². The molecule has 1 N–H and O–H groups in total. The van der Waals surface area contributed by atoms with Crippen LogP contribution in [-0.4, -0.2) is 5.11 Å². The van der Waals surface area contributed by atoms with Gasteiger partial charge in [-0.15, -0.1) is 0 Å². The van der Waals surface area contributed by atoms with Gasteiger partial charge in [-0.3, -0.25) is 0 Å². The minimum Gasteiger partial charge on any atom is -0.386 e. The minimum absolute atomic E-state index is 0.348. The van der Waals surface area contributed by atoms with Crippen molar-refractivity contribution in [2.45, 2.75) is 24.4 Å². The fraction of sp³-hybridized carbons (Fsp3) is 0.235. The third kappa shape index (κ3) is 1.81. The normalized spacial score (nSPS) is 22.1. The number of benzene rings is 2. The molecule has 100 valence electrons. The topological polar surface area (TPSA) is 44.0 Å². The van der Waals surface area contributed by atoms with Gasteiger partial charge in [0.05, 0.1) is 6.07 Å². The number of hydrogen-bond acceptors (Lipinski definition) is 2. The van der Waals surface area contributed by atoms with Crippen LogP contribution >= 0.6 is 0 Å². The smallest absolute Gasteiger partial charge is 0.123 e. The second-order valence-corrected chi connectivity index (χ2v) is 5.19. The van der Waals surface area contributed by atoms with E-state index in [0.29, 0.717) is 12.0 Å². The number of halogens is 1. The fourth-order valence-corrected chi connectivity index (χ4v) is 3.03. The summed E-state index contributed by atoms with van der Waals surface area (Å²) in [7, 11) is 0. The summed E-state index contributed by atoms with van der Waals surface area (Å²) in [5.74, 6) is -0.348. The number of hydrogen-bond donors (Lipinski definition) is 1. The Morgan fingerprint density at radius 1 is 1.15 bits per heavy atom. The van der Waals surface area contributed by atoms with Gasteiger partial charge in [0.15, 0.2) is 0 Å². The van der Waals surface area contributed by atoms with E-state index in [1.54, 1.807) is 12.1 Å². The van der Waals surface area contributed by atoms with E-state index in [2.05, 4.69) is 6.07 Å². The van der Waals surface area contributed by atoms with Crippen LogP contribution in [0.5, 0.6) is 0 Å². The van der Waals surface area contributed by atoms with E-state index < -0.39 is 11.5 Å². The van der Waals surface area contributed by atoms with Crippen LogP contribution in [0.25, 0.3) is 0 Å². The maximum Gasteiger partial charge on any atom is 0.123 e. The number of aryl methyl sites for hydroxylation is 1. The van der Waals surface area contributed by atoms with Gasteiger partial charge in [0.1, 0.15) is 17.3 Å². The molecule has 0 saturated heterocycles. The van der Waals surface area contributed by atoms with Gasteiger partial charge in [-0.1, -0.05) is 36.4 Å². The third-order valence-electron chi connectivity index (χ3n) is 4.14. The van der Waals surface area contributed by atoms with E-state index in [9.17, 15) is 14.8 Å². The summed E-state index contributed by atoms with van der Waals surface area (Å²) in [5, 5.41) is 20.3. The summed E-state index contributed by atoms with van der Waals surface area (Å²) >= 11 is 0. The molecule has 20 heavy (non-hydrogen) atoms.